The number of hydrogen-bond acceptors (Lipinski definition) is 5. The zero-order valence-electron chi connectivity index (χ0n) is 10.3. The Morgan fingerprint density at radius 2 is 1.83 bits per heavy atom. The number of nitrogens with zero attached hydrogens (tertiary/aromatic N) is 3. The highest BCUT2D eigenvalue weighted by Gasteiger charge is 2.10. The van der Waals surface area contributed by atoms with Gasteiger partial charge in [-0.3, -0.25) is 0 Å². The van der Waals surface area contributed by atoms with Gasteiger partial charge in [-0.25, -0.2) is 13.1 Å². The molecule has 1 heterocycles. The summed E-state index contributed by atoms with van der Waals surface area (Å²) in [7, 11) is -1.69. The summed E-state index contributed by atoms with van der Waals surface area (Å²) in [5.74, 6) is 0.666. The van der Waals surface area contributed by atoms with Crippen LogP contribution in [0.2, 0.25) is 0 Å². The van der Waals surface area contributed by atoms with Gasteiger partial charge in [-0.05, 0) is 31.2 Å². The summed E-state index contributed by atoms with van der Waals surface area (Å²) in [6.45, 7) is 1.79. The second kappa shape index (κ2) is 4.41. The predicted molar refractivity (Wildman–Crippen MR) is 65.8 cm³/mol. The average Bonchev–Trinajstić information content (AvgIpc) is 2.70. The van der Waals surface area contributed by atoms with Crippen LogP contribution in [-0.2, 0) is 9.84 Å². The molecule has 2 rings (SSSR count). The maximum atomic E-state index is 11.3. The van der Waals surface area contributed by atoms with E-state index >= 15 is 0 Å². The normalized spacial score (nSPS) is 11.5. The van der Waals surface area contributed by atoms with Crippen molar-refractivity contribution in [3.05, 3.63) is 30.1 Å². The molecule has 0 bridgehead atoms. The van der Waals surface area contributed by atoms with Crippen molar-refractivity contribution in [3.63, 3.8) is 0 Å². The monoisotopic (exact) mass is 267 g/mol. The molecule has 18 heavy (non-hydrogen) atoms. The molecule has 1 aromatic carbocycles. The van der Waals surface area contributed by atoms with E-state index in [1.807, 2.05) is 0 Å². The third kappa shape index (κ3) is 2.35. The van der Waals surface area contributed by atoms with Crippen LogP contribution in [-0.4, -0.2) is 36.5 Å². The van der Waals surface area contributed by atoms with E-state index in [1.54, 1.807) is 23.7 Å². The van der Waals surface area contributed by atoms with E-state index in [2.05, 4.69) is 10.1 Å². The van der Waals surface area contributed by atoms with Gasteiger partial charge >= 0.3 is 6.01 Å². The average molecular weight is 267 g/mol. The first-order valence-electron chi connectivity index (χ1n) is 5.20. The highest BCUT2D eigenvalue weighted by Crippen LogP contribution is 2.15. The van der Waals surface area contributed by atoms with Crippen molar-refractivity contribution in [1.29, 1.82) is 0 Å². The van der Waals surface area contributed by atoms with Gasteiger partial charge < -0.3 is 4.74 Å². The molecule has 6 nitrogen and oxygen atoms in total. The topological polar surface area (TPSA) is 74.1 Å². The molecule has 0 aliphatic rings. The van der Waals surface area contributed by atoms with E-state index in [-0.39, 0.29) is 10.9 Å². The number of aromatic nitrogens is 3. The van der Waals surface area contributed by atoms with E-state index in [4.69, 9.17) is 4.74 Å². The quantitative estimate of drug-likeness (QED) is 0.829. The third-order valence-electron chi connectivity index (χ3n) is 2.44. The fourth-order valence-electron chi connectivity index (χ4n) is 1.53. The molecule has 0 amide bonds. The fourth-order valence-corrected chi connectivity index (χ4v) is 2.16. The number of hydrogen-bond donors (Lipinski definition) is 0. The van der Waals surface area contributed by atoms with E-state index in [0.717, 1.165) is 5.69 Å². The van der Waals surface area contributed by atoms with Crippen molar-refractivity contribution in [2.24, 2.45) is 0 Å². The standard InChI is InChI=1S/C11H13N3O3S/c1-8-12-11(17-2)13-14(8)9-4-6-10(7-5-9)18(3,15)16/h4-7H,1-3H3. The summed E-state index contributed by atoms with van der Waals surface area (Å²) >= 11 is 0. The molecule has 96 valence electrons. The summed E-state index contributed by atoms with van der Waals surface area (Å²) in [5, 5.41) is 4.12. The van der Waals surface area contributed by atoms with Crippen molar-refractivity contribution in [2.75, 3.05) is 13.4 Å². The maximum Gasteiger partial charge on any atom is 0.335 e. The van der Waals surface area contributed by atoms with Gasteiger partial charge in [0.05, 0.1) is 17.7 Å². The Kier molecular flexibility index (Phi) is 3.08. The molecule has 0 aliphatic carbocycles. The molecule has 0 saturated heterocycles. The first kappa shape index (κ1) is 12.6. The Morgan fingerprint density at radius 3 is 2.28 bits per heavy atom. The Hall–Kier alpha value is -1.89. The zero-order valence-corrected chi connectivity index (χ0v) is 11.1. The first-order valence-corrected chi connectivity index (χ1v) is 7.09. The van der Waals surface area contributed by atoms with Crippen LogP contribution in [0.25, 0.3) is 5.69 Å². The molecule has 7 heteroatoms. The molecule has 0 radical (unpaired) electrons. The molecule has 2 aromatic rings. The van der Waals surface area contributed by atoms with Crippen molar-refractivity contribution >= 4 is 9.84 Å². The number of aryl methyl sites for hydroxylation is 1. The van der Waals surface area contributed by atoms with Gasteiger partial charge in [0.25, 0.3) is 0 Å². The van der Waals surface area contributed by atoms with Crippen LogP contribution in [0.1, 0.15) is 5.82 Å². The number of benzene rings is 1. The lowest BCUT2D eigenvalue weighted by atomic mass is 10.3. The summed E-state index contributed by atoms with van der Waals surface area (Å²) < 4.78 is 29.2. The minimum Gasteiger partial charge on any atom is -0.466 e. The van der Waals surface area contributed by atoms with Crippen LogP contribution in [0.3, 0.4) is 0 Å². The summed E-state index contributed by atoms with van der Waals surface area (Å²) in [6, 6.07) is 6.71. The smallest absolute Gasteiger partial charge is 0.335 e. The van der Waals surface area contributed by atoms with Crippen molar-refractivity contribution in [3.8, 4) is 11.7 Å². The number of sulfone groups is 1. The van der Waals surface area contributed by atoms with Crippen LogP contribution in [0, 0.1) is 6.92 Å². The van der Waals surface area contributed by atoms with Gasteiger partial charge in [-0.15, -0.1) is 5.10 Å². The van der Waals surface area contributed by atoms with Crippen molar-refractivity contribution in [2.45, 2.75) is 11.8 Å². The predicted octanol–water partition coefficient (Wildman–Crippen LogP) is 0.988. The lowest BCUT2D eigenvalue weighted by molar-refractivity contribution is 0.379. The van der Waals surface area contributed by atoms with Crippen LogP contribution in [0.5, 0.6) is 6.01 Å². The number of rotatable bonds is 3. The molecule has 0 saturated carbocycles. The summed E-state index contributed by atoms with van der Waals surface area (Å²) in [5.41, 5.74) is 0.732. The van der Waals surface area contributed by atoms with Gasteiger partial charge in [0, 0.05) is 6.26 Å². The Labute approximate surface area is 105 Å². The van der Waals surface area contributed by atoms with E-state index in [1.165, 1.54) is 25.5 Å². The summed E-state index contributed by atoms with van der Waals surface area (Å²) in [4.78, 5) is 4.36. The third-order valence-corrected chi connectivity index (χ3v) is 3.57. The van der Waals surface area contributed by atoms with Gasteiger partial charge in [0.1, 0.15) is 5.82 Å². The highest BCUT2D eigenvalue weighted by atomic mass is 32.2. The maximum absolute atomic E-state index is 11.3. The van der Waals surface area contributed by atoms with Gasteiger partial charge in [0.15, 0.2) is 9.84 Å². The zero-order chi connectivity index (χ0) is 13.3. The Balaban J connectivity index is 2.43. The molecule has 0 aliphatic heterocycles. The minimum absolute atomic E-state index is 0.274. The second-order valence-corrected chi connectivity index (χ2v) is 5.84. The summed E-state index contributed by atoms with van der Waals surface area (Å²) in [6.07, 6.45) is 1.17. The fraction of sp³-hybridized carbons (Fsp3) is 0.273. The molecule has 0 fully saturated rings. The Bertz CT molecular complexity index is 659. The van der Waals surface area contributed by atoms with Gasteiger partial charge in [-0.2, -0.15) is 4.98 Å². The van der Waals surface area contributed by atoms with Crippen molar-refractivity contribution in [1.82, 2.24) is 14.8 Å². The first-order chi connectivity index (χ1) is 8.41. The molecule has 0 N–H and O–H groups in total. The van der Waals surface area contributed by atoms with E-state index in [9.17, 15) is 8.42 Å². The largest absolute Gasteiger partial charge is 0.466 e. The Morgan fingerprint density at radius 1 is 1.22 bits per heavy atom. The molecular weight excluding hydrogens is 254 g/mol. The molecule has 0 spiro atoms. The van der Waals surface area contributed by atoms with Gasteiger partial charge in [-0.1, -0.05) is 0 Å². The van der Waals surface area contributed by atoms with Crippen LogP contribution < -0.4 is 4.74 Å². The molecule has 0 unspecified atom stereocenters. The lowest BCUT2D eigenvalue weighted by Crippen LogP contribution is -2.01. The van der Waals surface area contributed by atoms with Crippen molar-refractivity contribution < 1.29 is 13.2 Å². The van der Waals surface area contributed by atoms with E-state index in [0.29, 0.717) is 5.82 Å². The van der Waals surface area contributed by atoms with Crippen LogP contribution in [0.4, 0.5) is 0 Å². The highest BCUT2D eigenvalue weighted by molar-refractivity contribution is 7.90. The van der Waals surface area contributed by atoms with Gasteiger partial charge in [0.2, 0.25) is 0 Å². The molecular formula is C11H13N3O3S. The molecule has 0 atom stereocenters. The number of ether oxygens (including phenoxy) is 1. The van der Waals surface area contributed by atoms with Crippen LogP contribution in [0.15, 0.2) is 29.2 Å². The lowest BCUT2D eigenvalue weighted by Gasteiger charge is -2.03. The van der Waals surface area contributed by atoms with Crippen LogP contribution >= 0.6 is 0 Å². The number of methoxy groups -OCH3 is 1. The molecule has 1 aromatic heterocycles. The minimum atomic E-state index is -3.18. The second-order valence-electron chi connectivity index (χ2n) is 3.82. The SMILES string of the molecule is COc1nc(C)n(-c2ccc(S(C)(=O)=O)cc2)n1. The van der Waals surface area contributed by atoms with E-state index < -0.39 is 9.84 Å².